The highest BCUT2D eigenvalue weighted by atomic mass is 16.5. The molecule has 0 amide bonds. The van der Waals surface area contributed by atoms with Gasteiger partial charge in [-0.25, -0.2) is 4.68 Å². The van der Waals surface area contributed by atoms with Crippen molar-refractivity contribution in [3.63, 3.8) is 0 Å². The van der Waals surface area contributed by atoms with E-state index in [9.17, 15) is 9.59 Å². The average Bonchev–Trinajstić information content (AvgIpc) is 3.34. The minimum absolute atomic E-state index is 0.263. The van der Waals surface area contributed by atoms with E-state index in [-0.39, 0.29) is 6.10 Å². The summed E-state index contributed by atoms with van der Waals surface area (Å²) >= 11 is 0. The van der Waals surface area contributed by atoms with Crippen LogP contribution in [0.3, 0.4) is 0 Å². The molecule has 138 valence electrons. The van der Waals surface area contributed by atoms with E-state index in [2.05, 4.69) is 10.3 Å². The second kappa shape index (κ2) is 6.27. The molecule has 1 atom stereocenters. The molecule has 2 aliphatic rings. The quantitative estimate of drug-likeness (QED) is 0.661. The Bertz CT molecular complexity index is 1140. The Balaban J connectivity index is 1.37. The first kappa shape index (κ1) is 16.6. The van der Waals surface area contributed by atoms with Gasteiger partial charge in [0.2, 0.25) is 11.6 Å². The summed E-state index contributed by atoms with van der Waals surface area (Å²) in [6.45, 7) is 2.49. The predicted molar refractivity (Wildman–Crippen MR) is 102 cm³/mol. The first-order valence-electron chi connectivity index (χ1n) is 9.15. The number of fused-ring (bicyclic) bond motifs is 2. The topological polar surface area (TPSA) is 74.1 Å². The Hall–Kier alpha value is -3.54. The van der Waals surface area contributed by atoms with Gasteiger partial charge in [-0.05, 0) is 6.92 Å². The average molecular weight is 371 g/mol. The molecule has 0 radical (unpaired) electrons. The fourth-order valence-corrected chi connectivity index (χ4v) is 3.71. The molecule has 3 aromatic rings. The van der Waals surface area contributed by atoms with Gasteiger partial charge in [-0.3, -0.25) is 9.59 Å². The zero-order valence-corrected chi connectivity index (χ0v) is 15.3. The maximum Gasteiger partial charge on any atom is 0.234 e. The van der Waals surface area contributed by atoms with Crippen molar-refractivity contribution >= 4 is 17.3 Å². The standard InChI is InChI=1S/C22H17N3O3/c1-13-6-8-14(9-7-13)19-12-25(24-23-19)11-15-10-18-21(27)20(26)16-4-2-3-5-17(16)22(18)28-15/h2-9,12,15H,10-11H2,1H3. The third-order valence-electron chi connectivity index (χ3n) is 5.16. The van der Waals surface area contributed by atoms with Gasteiger partial charge in [0, 0.05) is 23.1 Å². The lowest BCUT2D eigenvalue weighted by Gasteiger charge is -2.16. The number of nitrogens with zero attached hydrogens (tertiary/aromatic N) is 3. The SMILES string of the molecule is Cc1ccc(-c2cn(CC3CC4=C(O3)c3ccccc3C(=O)C4=O)nn2)cc1. The number of Topliss-reactive ketones (excluding diaryl/α,β-unsaturated/α-hetero) is 2. The van der Waals surface area contributed by atoms with E-state index in [4.69, 9.17) is 4.74 Å². The first-order valence-corrected chi connectivity index (χ1v) is 9.15. The lowest BCUT2D eigenvalue weighted by Crippen LogP contribution is -2.22. The normalized spacial score (nSPS) is 18.1. The first-order chi connectivity index (χ1) is 13.6. The number of hydrogen-bond acceptors (Lipinski definition) is 5. The minimum atomic E-state index is -0.463. The molecule has 0 bridgehead atoms. The molecule has 0 fully saturated rings. The van der Waals surface area contributed by atoms with Crippen LogP contribution in [0.4, 0.5) is 0 Å². The predicted octanol–water partition coefficient (Wildman–Crippen LogP) is 3.22. The highest BCUT2D eigenvalue weighted by molar-refractivity contribution is 6.52. The van der Waals surface area contributed by atoms with Gasteiger partial charge < -0.3 is 4.74 Å². The second-order valence-electron chi connectivity index (χ2n) is 7.15. The van der Waals surface area contributed by atoms with Crippen molar-refractivity contribution in [1.82, 2.24) is 15.0 Å². The van der Waals surface area contributed by atoms with Crippen LogP contribution >= 0.6 is 0 Å². The summed E-state index contributed by atoms with van der Waals surface area (Å²) in [5, 5.41) is 8.42. The van der Waals surface area contributed by atoms with E-state index in [0.29, 0.717) is 35.4 Å². The number of carbonyl (C=O) groups excluding carboxylic acids is 2. The lowest BCUT2D eigenvalue weighted by atomic mass is 9.88. The van der Waals surface area contributed by atoms with E-state index >= 15 is 0 Å². The molecular weight excluding hydrogens is 354 g/mol. The maximum atomic E-state index is 12.5. The van der Waals surface area contributed by atoms with Crippen molar-refractivity contribution < 1.29 is 14.3 Å². The summed E-state index contributed by atoms with van der Waals surface area (Å²) < 4.78 is 7.78. The van der Waals surface area contributed by atoms with Crippen LogP contribution in [0.2, 0.25) is 0 Å². The second-order valence-corrected chi connectivity index (χ2v) is 7.15. The highest BCUT2D eigenvalue weighted by Crippen LogP contribution is 2.39. The maximum absolute atomic E-state index is 12.5. The van der Waals surface area contributed by atoms with Gasteiger partial charge in [-0.15, -0.1) is 5.10 Å². The molecule has 6 nitrogen and oxygen atoms in total. The van der Waals surface area contributed by atoms with Gasteiger partial charge in [0.25, 0.3) is 0 Å². The van der Waals surface area contributed by atoms with Crippen LogP contribution in [0.15, 0.2) is 60.3 Å². The lowest BCUT2D eigenvalue weighted by molar-refractivity contribution is -0.112. The zero-order valence-electron chi connectivity index (χ0n) is 15.3. The molecule has 0 spiro atoms. The summed E-state index contributed by atoms with van der Waals surface area (Å²) in [5.74, 6) is -0.389. The number of aromatic nitrogens is 3. The molecule has 0 N–H and O–H groups in total. The van der Waals surface area contributed by atoms with Crippen molar-refractivity contribution in [3.8, 4) is 11.3 Å². The molecule has 1 unspecified atom stereocenters. The highest BCUT2D eigenvalue weighted by Gasteiger charge is 2.40. The van der Waals surface area contributed by atoms with Crippen LogP contribution in [0.5, 0.6) is 0 Å². The molecule has 1 aliphatic heterocycles. The molecule has 0 saturated heterocycles. The third kappa shape index (κ3) is 2.65. The summed E-state index contributed by atoms with van der Waals surface area (Å²) in [4.78, 5) is 24.8. The third-order valence-corrected chi connectivity index (χ3v) is 5.16. The monoisotopic (exact) mass is 371 g/mol. The van der Waals surface area contributed by atoms with Gasteiger partial charge in [0.1, 0.15) is 17.6 Å². The molecule has 2 aromatic carbocycles. The molecule has 1 aromatic heterocycles. The van der Waals surface area contributed by atoms with Gasteiger partial charge >= 0.3 is 0 Å². The summed E-state index contributed by atoms with van der Waals surface area (Å²) in [6.07, 6.45) is 2.00. The van der Waals surface area contributed by atoms with Crippen molar-refractivity contribution in [2.24, 2.45) is 0 Å². The Morgan fingerprint density at radius 3 is 2.57 bits per heavy atom. The smallest absolute Gasteiger partial charge is 0.234 e. The van der Waals surface area contributed by atoms with E-state index in [1.165, 1.54) is 5.56 Å². The van der Waals surface area contributed by atoms with Gasteiger partial charge in [0.15, 0.2) is 0 Å². The summed E-state index contributed by atoms with van der Waals surface area (Å²) in [6, 6.07) is 15.2. The van der Waals surface area contributed by atoms with Crippen molar-refractivity contribution in [2.45, 2.75) is 26.0 Å². The van der Waals surface area contributed by atoms with Crippen LogP contribution in [0.1, 0.15) is 27.9 Å². The largest absolute Gasteiger partial charge is 0.487 e. The number of rotatable bonds is 3. The minimum Gasteiger partial charge on any atom is -0.487 e. The van der Waals surface area contributed by atoms with Gasteiger partial charge in [-0.1, -0.05) is 59.3 Å². The number of ketones is 2. The molecule has 28 heavy (non-hydrogen) atoms. The van der Waals surface area contributed by atoms with E-state index in [0.717, 1.165) is 11.3 Å². The molecule has 6 heteroatoms. The molecule has 1 aliphatic carbocycles. The van der Waals surface area contributed by atoms with E-state index in [1.807, 2.05) is 49.5 Å². The fraction of sp³-hybridized carbons (Fsp3) is 0.182. The van der Waals surface area contributed by atoms with Gasteiger partial charge in [0.05, 0.1) is 18.3 Å². The Morgan fingerprint density at radius 2 is 1.79 bits per heavy atom. The molecular formula is C22H17N3O3. The van der Waals surface area contributed by atoms with Gasteiger partial charge in [-0.2, -0.15) is 0 Å². The molecule has 5 rings (SSSR count). The number of benzene rings is 2. The van der Waals surface area contributed by atoms with E-state index in [1.54, 1.807) is 16.8 Å². The number of hydrogen-bond donors (Lipinski definition) is 0. The Labute approximate surface area is 161 Å². The number of ether oxygens (including phenoxy) is 1. The summed E-state index contributed by atoms with van der Waals surface area (Å²) in [5.41, 5.74) is 4.54. The van der Waals surface area contributed by atoms with Crippen LogP contribution in [-0.2, 0) is 16.1 Å². The zero-order chi connectivity index (χ0) is 19.3. The van der Waals surface area contributed by atoms with Crippen molar-refractivity contribution in [1.29, 1.82) is 0 Å². The number of aryl methyl sites for hydroxylation is 1. The van der Waals surface area contributed by atoms with Crippen molar-refractivity contribution in [2.75, 3.05) is 0 Å². The Kier molecular flexibility index (Phi) is 3.72. The van der Waals surface area contributed by atoms with Crippen molar-refractivity contribution in [3.05, 3.63) is 77.0 Å². The van der Waals surface area contributed by atoms with Crippen LogP contribution in [0.25, 0.3) is 17.0 Å². The van der Waals surface area contributed by atoms with E-state index < -0.39 is 11.6 Å². The molecule has 0 saturated carbocycles. The summed E-state index contributed by atoms with van der Waals surface area (Å²) in [7, 11) is 0. The van der Waals surface area contributed by atoms with Crippen LogP contribution in [0, 0.1) is 6.92 Å². The number of carbonyl (C=O) groups is 2. The molecule has 2 heterocycles. The Morgan fingerprint density at radius 1 is 1.04 bits per heavy atom. The van der Waals surface area contributed by atoms with Crippen LogP contribution in [-0.4, -0.2) is 32.7 Å². The fourth-order valence-electron chi connectivity index (χ4n) is 3.71. The van der Waals surface area contributed by atoms with Crippen LogP contribution < -0.4 is 0 Å².